The van der Waals surface area contributed by atoms with E-state index < -0.39 is 6.10 Å². The molecule has 3 heteroatoms. The van der Waals surface area contributed by atoms with Crippen LogP contribution in [0.4, 0.5) is 0 Å². The molecule has 2 rings (SSSR count). The highest BCUT2D eigenvalue weighted by Gasteiger charge is 2.23. The van der Waals surface area contributed by atoms with Gasteiger partial charge in [0.25, 0.3) is 0 Å². The molecule has 2 unspecified atom stereocenters. The van der Waals surface area contributed by atoms with E-state index in [1.807, 2.05) is 30.5 Å². The second-order valence-corrected chi connectivity index (χ2v) is 6.22. The van der Waals surface area contributed by atoms with E-state index >= 15 is 0 Å². The lowest BCUT2D eigenvalue weighted by atomic mass is 9.87. The van der Waals surface area contributed by atoms with Crippen LogP contribution in [-0.4, -0.2) is 17.9 Å². The topological polar surface area (TPSA) is 46.2 Å². The van der Waals surface area contributed by atoms with Crippen molar-refractivity contribution in [2.45, 2.75) is 30.8 Å². The number of hydrogen-bond acceptors (Lipinski definition) is 3. The molecule has 2 aromatic carbocycles. The van der Waals surface area contributed by atoms with Crippen LogP contribution in [0.5, 0.6) is 0 Å². The quantitative estimate of drug-likeness (QED) is 0.826. The number of rotatable bonds is 5. The molecule has 0 aromatic heterocycles. The third-order valence-corrected chi connectivity index (χ3v) is 4.86. The van der Waals surface area contributed by atoms with Gasteiger partial charge in [-0.1, -0.05) is 36.4 Å². The molecule has 0 heterocycles. The minimum absolute atomic E-state index is 0.0856. The van der Waals surface area contributed by atoms with Crippen LogP contribution >= 0.6 is 11.8 Å². The standard InChI is InChI=1S/C18H23NOS/c1-12-8-9-14(10-13(12)2)16(11-19)18(20)15-6-4-5-7-17(15)21-3/h4-10,16,18,20H,11,19H2,1-3H3. The fraction of sp³-hybridized carbons (Fsp3) is 0.333. The van der Waals surface area contributed by atoms with Gasteiger partial charge >= 0.3 is 0 Å². The number of aryl methyl sites for hydroxylation is 2. The Morgan fingerprint density at radius 1 is 1.10 bits per heavy atom. The Morgan fingerprint density at radius 2 is 1.81 bits per heavy atom. The fourth-order valence-electron chi connectivity index (χ4n) is 2.57. The number of aliphatic hydroxyl groups excluding tert-OH is 1. The SMILES string of the molecule is CSc1ccccc1C(O)C(CN)c1ccc(C)c(C)c1. The first-order chi connectivity index (χ1) is 10.1. The van der Waals surface area contributed by atoms with Crippen LogP contribution in [0.25, 0.3) is 0 Å². The molecule has 3 N–H and O–H groups in total. The molecule has 0 aliphatic carbocycles. The molecule has 2 aromatic rings. The maximum absolute atomic E-state index is 10.8. The van der Waals surface area contributed by atoms with Gasteiger partial charge in [-0.05, 0) is 48.4 Å². The van der Waals surface area contributed by atoms with Gasteiger partial charge in [-0.25, -0.2) is 0 Å². The summed E-state index contributed by atoms with van der Waals surface area (Å²) in [5.74, 6) is -0.0856. The van der Waals surface area contributed by atoms with Gasteiger partial charge in [0.2, 0.25) is 0 Å². The fourth-order valence-corrected chi connectivity index (χ4v) is 3.21. The second-order valence-electron chi connectivity index (χ2n) is 5.37. The van der Waals surface area contributed by atoms with Crippen molar-refractivity contribution in [3.05, 3.63) is 64.7 Å². The van der Waals surface area contributed by atoms with Gasteiger partial charge in [0.1, 0.15) is 0 Å². The monoisotopic (exact) mass is 301 g/mol. The zero-order valence-corrected chi connectivity index (χ0v) is 13.7. The highest BCUT2D eigenvalue weighted by Crippen LogP contribution is 2.35. The van der Waals surface area contributed by atoms with Gasteiger partial charge in [0.15, 0.2) is 0 Å². The summed E-state index contributed by atoms with van der Waals surface area (Å²) in [6.07, 6.45) is 1.44. The molecule has 0 aliphatic rings. The van der Waals surface area contributed by atoms with E-state index in [0.29, 0.717) is 6.54 Å². The van der Waals surface area contributed by atoms with Crippen molar-refractivity contribution in [3.63, 3.8) is 0 Å². The maximum Gasteiger partial charge on any atom is 0.0881 e. The highest BCUT2D eigenvalue weighted by molar-refractivity contribution is 7.98. The van der Waals surface area contributed by atoms with Crippen molar-refractivity contribution in [3.8, 4) is 0 Å². The molecule has 0 amide bonds. The van der Waals surface area contributed by atoms with Crippen LogP contribution in [0.1, 0.15) is 34.3 Å². The molecule has 2 atom stereocenters. The van der Waals surface area contributed by atoms with Gasteiger partial charge in [0, 0.05) is 17.4 Å². The Morgan fingerprint density at radius 3 is 2.43 bits per heavy atom. The van der Waals surface area contributed by atoms with Crippen molar-refractivity contribution in [2.75, 3.05) is 12.8 Å². The summed E-state index contributed by atoms with van der Waals surface area (Å²) in [6, 6.07) is 14.3. The Labute approximate surface area is 131 Å². The Kier molecular flexibility index (Phi) is 5.45. The van der Waals surface area contributed by atoms with Crippen LogP contribution in [0.15, 0.2) is 47.4 Å². The lowest BCUT2D eigenvalue weighted by molar-refractivity contribution is 0.144. The van der Waals surface area contributed by atoms with Gasteiger partial charge < -0.3 is 10.8 Å². The first-order valence-electron chi connectivity index (χ1n) is 7.16. The lowest BCUT2D eigenvalue weighted by Crippen LogP contribution is -2.20. The predicted molar refractivity (Wildman–Crippen MR) is 90.9 cm³/mol. The summed E-state index contributed by atoms with van der Waals surface area (Å²) < 4.78 is 0. The molecule has 112 valence electrons. The largest absolute Gasteiger partial charge is 0.388 e. The minimum Gasteiger partial charge on any atom is -0.388 e. The average Bonchev–Trinajstić information content (AvgIpc) is 2.51. The van der Waals surface area contributed by atoms with E-state index in [4.69, 9.17) is 5.73 Å². The molecule has 0 radical (unpaired) electrons. The smallest absolute Gasteiger partial charge is 0.0881 e. The molecular weight excluding hydrogens is 278 g/mol. The normalized spacial score (nSPS) is 14.0. The molecule has 2 nitrogen and oxygen atoms in total. The predicted octanol–water partition coefficient (Wildman–Crippen LogP) is 3.80. The van der Waals surface area contributed by atoms with Crippen LogP contribution in [0.2, 0.25) is 0 Å². The van der Waals surface area contributed by atoms with Crippen molar-refractivity contribution < 1.29 is 5.11 Å². The van der Waals surface area contributed by atoms with E-state index in [1.165, 1.54) is 11.1 Å². The summed E-state index contributed by atoms with van der Waals surface area (Å²) in [7, 11) is 0. The zero-order valence-electron chi connectivity index (χ0n) is 12.8. The van der Waals surface area contributed by atoms with Gasteiger partial charge in [-0.3, -0.25) is 0 Å². The van der Waals surface area contributed by atoms with E-state index in [2.05, 4.69) is 32.0 Å². The first kappa shape index (κ1) is 16.1. The number of nitrogens with two attached hydrogens (primary N) is 1. The van der Waals surface area contributed by atoms with Crippen molar-refractivity contribution in [1.29, 1.82) is 0 Å². The average molecular weight is 301 g/mol. The van der Waals surface area contributed by atoms with Crippen LogP contribution in [0, 0.1) is 13.8 Å². The van der Waals surface area contributed by atoms with Gasteiger partial charge in [-0.15, -0.1) is 11.8 Å². The molecular formula is C18H23NOS. The van der Waals surface area contributed by atoms with Gasteiger partial charge in [-0.2, -0.15) is 0 Å². The van der Waals surface area contributed by atoms with E-state index in [1.54, 1.807) is 11.8 Å². The number of thioether (sulfide) groups is 1. The number of aliphatic hydroxyl groups is 1. The van der Waals surface area contributed by atoms with Crippen LogP contribution < -0.4 is 5.73 Å². The highest BCUT2D eigenvalue weighted by atomic mass is 32.2. The number of hydrogen-bond donors (Lipinski definition) is 2. The van der Waals surface area contributed by atoms with Crippen LogP contribution in [-0.2, 0) is 0 Å². The zero-order chi connectivity index (χ0) is 15.4. The molecule has 0 spiro atoms. The third kappa shape index (κ3) is 3.49. The lowest BCUT2D eigenvalue weighted by Gasteiger charge is -2.24. The summed E-state index contributed by atoms with van der Waals surface area (Å²) in [5, 5.41) is 10.8. The van der Waals surface area contributed by atoms with Crippen molar-refractivity contribution in [2.24, 2.45) is 5.73 Å². The summed E-state index contributed by atoms with van der Waals surface area (Å²) in [5.41, 5.74) is 10.5. The Balaban J connectivity index is 2.38. The summed E-state index contributed by atoms with van der Waals surface area (Å²) in [6.45, 7) is 4.61. The molecule has 0 bridgehead atoms. The summed E-state index contributed by atoms with van der Waals surface area (Å²) >= 11 is 1.65. The molecule has 0 saturated carbocycles. The Hall–Kier alpha value is -1.29. The second kappa shape index (κ2) is 7.12. The van der Waals surface area contributed by atoms with Gasteiger partial charge in [0.05, 0.1) is 6.10 Å². The van der Waals surface area contributed by atoms with E-state index in [-0.39, 0.29) is 5.92 Å². The Bertz CT molecular complexity index is 612. The molecule has 0 fully saturated rings. The summed E-state index contributed by atoms with van der Waals surface area (Å²) in [4.78, 5) is 1.10. The maximum atomic E-state index is 10.8. The van der Waals surface area contributed by atoms with Crippen molar-refractivity contribution >= 4 is 11.8 Å². The first-order valence-corrected chi connectivity index (χ1v) is 8.39. The van der Waals surface area contributed by atoms with Crippen molar-refractivity contribution in [1.82, 2.24) is 0 Å². The van der Waals surface area contributed by atoms with E-state index in [9.17, 15) is 5.11 Å². The van der Waals surface area contributed by atoms with E-state index in [0.717, 1.165) is 16.0 Å². The molecule has 0 aliphatic heterocycles. The third-order valence-electron chi connectivity index (χ3n) is 4.05. The minimum atomic E-state index is -0.583. The molecule has 0 saturated heterocycles. The van der Waals surface area contributed by atoms with Crippen LogP contribution in [0.3, 0.4) is 0 Å². The number of benzene rings is 2. The molecule has 21 heavy (non-hydrogen) atoms.